The normalized spacial score (nSPS) is 51.5. The van der Waals surface area contributed by atoms with Crippen LogP contribution in [0.4, 0.5) is 0 Å². The van der Waals surface area contributed by atoms with E-state index in [4.69, 9.17) is 0 Å². The number of fused-ring (bicyclic) bond motifs is 5. The molecule has 0 radical (unpaired) electrons. The van der Waals surface area contributed by atoms with Crippen molar-refractivity contribution < 1.29 is 14.7 Å². The summed E-state index contributed by atoms with van der Waals surface area (Å²) in [5.74, 6) is 1.61. The highest BCUT2D eigenvalue weighted by Crippen LogP contribution is 2.66. The van der Waals surface area contributed by atoms with E-state index in [1.165, 1.54) is 5.57 Å². The molecule has 1 N–H and O–H groups in total. The lowest BCUT2D eigenvalue weighted by Crippen LogP contribution is -2.54. The quantitative estimate of drug-likeness (QED) is 0.756. The van der Waals surface area contributed by atoms with Crippen LogP contribution in [0.2, 0.25) is 0 Å². The minimum atomic E-state index is -1.14. The molecule has 0 bridgehead atoms. The molecule has 4 rings (SSSR count). The highest BCUT2D eigenvalue weighted by atomic mass is 16.3. The van der Waals surface area contributed by atoms with E-state index >= 15 is 0 Å². The highest BCUT2D eigenvalue weighted by Gasteiger charge is 2.63. The maximum absolute atomic E-state index is 11.7. The zero-order valence-corrected chi connectivity index (χ0v) is 14.0. The van der Waals surface area contributed by atoms with Crippen molar-refractivity contribution in [2.45, 2.75) is 58.0 Å². The molecule has 0 aliphatic heterocycles. The summed E-state index contributed by atoms with van der Waals surface area (Å²) in [6, 6.07) is 0. The number of aldehydes is 1. The average molecular weight is 314 g/mol. The molecule has 0 aromatic rings. The summed E-state index contributed by atoms with van der Waals surface area (Å²) < 4.78 is 0. The molecule has 4 aliphatic rings. The van der Waals surface area contributed by atoms with Crippen LogP contribution in [0.3, 0.4) is 0 Å². The van der Waals surface area contributed by atoms with Gasteiger partial charge in [0.1, 0.15) is 5.60 Å². The van der Waals surface area contributed by atoms with Crippen molar-refractivity contribution in [3.63, 3.8) is 0 Å². The van der Waals surface area contributed by atoms with Crippen LogP contribution >= 0.6 is 0 Å². The second-order valence-electron chi connectivity index (χ2n) is 8.64. The smallest absolute Gasteiger partial charge is 0.178 e. The summed E-state index contributed by atoms with van der Waals surface area (Å²) in [5, 5.41) is 10.8. The molecule has 3 saturated carbocycles. The summed E-state index contributed by atoms with van der Waals surface area (Å²) in [4.78, 5) is 23.3. The molecule has 0 spiro atoms. The molecule has 6 atom stereocenters. The third kappa shape index (κ3) is 1.80. The van der Waals surface area contributed by atoms with Crippen molar-refractivity contribution >= 4 is 12.1 Å². The van der Waals surface area contributed by atoms with E-state index in [1.807, 2.05) is 6.08 Å². The Morgan fingerprint density at radius 1 is 1.17 bits per heavy atom. The molecule has 0 aromatic heterocycles. The number of hydrogen-bond donors (Lipinski definition) is 1. The molecule has 3 heteroatoms. The molecule has 3 nitrogen and oxygen atoms in total. The first-order chi connectivity index (χ1) is 10.8. The molecule has 0 amide bonds. The molecule has 5 unspecified atom stereocenters. The lowest BCUT2D eigenvalue weighted by molar-refractivity contribution is -0.148. The maximum Gasteiger partial charge on any atom is 0.178 e. The molecular formula is C20H26O3. The fourth-order valence-corrected chi connectivity index (χ4v) is 6.44. The zero-order valence-electron chi connectivity index (χ0n) is 14.0. The summed E-state index contributed by atoms with van der Waals surface area (Å²) in [6.45, 7) is 4.41. The van der Waals surface area contributed by atoms with Gasteiger partial charge in [0.25, 0.3) is 0 Å². The molecule has 0 heterocycles. The van der Waals surface area contributed by atoms with E-state index < -0.39 is 5.60 Å². The molecule has 3 fully saturated rings. The van der Waals surface area contributed by atoms with Crippen molar-refractivity contribution in [1.29, 1.82) is 0 Å². The van der Waals surface area contributed by atoms with Gasteiger partial charge in [-0.3, -0.25) is 4.79 Å². The van der Waals surface area contributed by atoms with Crippen LogP contribution < -0.4 is 0 Å². The number of aliphatic hydroxyl groups is 1. The second-order valence-corrected chi connectivity index (χ2v) is 8.64. The number of allylic oxidation sites excluding steroid dienone is 4. The Labute approximate surface area is 137 Å². The Morgan fingerprint density at radius 3 is 2.65 bits per heavy atom. The summed E-state index contributed by atoms with van der Waals surface area (Å²) in [7, 11) is 0. The van der Waals surface area contributed by atoms with Gasteiger partial charge >= 0.3 is 0 Å². The van der Waals surface area contributed by atoms with Crippen molar-refractivity contribution in [1.82, 2.24) is 0 Å². The number of hydrogen-bond acceptors (Lipinski definition) is 3. The lowest BCUT2D eigenvalue weighted by Gasteiger charge is -2.57. The summed E-state index contributed by atoms with van der Waals surface area (Å²) in [6.07, 6.45) is 12.1. The number of carbonyl (C=O) groups excluding carboxylic acids is 2. The van der Waals surface area contributed by atoms with E-state index in [2.05, 4.69) is 19.9 Å². The molecular weight excluding hydrogens is 288 g/mol. The number of ketones is 1. The van der Waals surface area contributed by atoms with Crippen LogP contribution in [0.15, 0.2) is 23.8 Å². The topological polar surface area (TPSA) is 54.4 Å². The van der Waals surface area contributed by atoms with Crippen molar-refractivity contribution in [3.05, 3.63) is 23.8 Å². The van der Waals surface area contributed by atoms with Crippen molar-refractivity contribution in [2.75, 3.05) is 0 Å². The van der Waals surface area contributed by atoms with Gasteiger partial charge in [-0.15, -0.1) is 0 Å². The summed E-state index contributed by atoms with van der Waals surface area (Å²) >= 11 is 0. The van der Waals surface area contributed by atoms with Crippen molar-refractivity contribution in [3.8, 4) is 0 Å². The van der Waals surface area contributed by atoms with Gasteiger partial charge in [0.2, 0.25) is 0 Å². The van der Waals surface area contributed by atoms with E-state index in [1.54, 1.807) is 6.08 Å². The van der Waals surface area contributed by atoms with Gasteiger partial charge in [-0.25, -0.2) is 0 Å². The molecule has 0 aromatic carbocycles. The van der Waals surface area contributed by atoms with Gasteiger partial charge in [0, 0.05) is 10.8 Å². The molecule has 124 valence electrons. The molecule has 23 heavy (non-hydrogen) atoms. The Morgan fingerprint density at radius 2 is 1.91 bits per heavy atom. The minimum absolute atomic E-state index is 0.0138. The zero-order chi connectivity index (χ0) is 16.5. The van der Waals surface area contributed by atoms with E-state index in [0.717, 1.165) is 38.4 Å². The van der Waals surface area contributed by atoms with Gasteiger partial charge < -0.3 is 9.90 Å². The summed E-state index contributed by atoms with van der Waals surface area (Å²) in [5.41, 5.74) is -0.141. The van der Waals surface area contributed by atoms with Gasteiger partial charge in [-0.1, -0.05) is 25.5 Å². The van der Waals surface area contributed by atoms with E-state index in [-0.39, 0.29) is 16.6 Å². The number of carbonyl (C=O) groups is 2. The van der Waals surface area contributed by atoms with Gasteiger partial charge in [0.15, 0.2) is 12.1 Å². The van der Waals surface area contributed by atoms with Crippen LogP contribution in [0.1, 0.15) is 52.4 Å². The number of rotatable bonds is 1. The van der Waals surface area contributed by atoms with Gasteiger partial charge in [0.05, 0.1) is 0 Å². The third-order valence-corrected chi connectivity index (χ3v) is 7.97. The van der Waals surface area contributed by atoms with E-state index in [0.29, 0.717) is 24.2 Å². The predicted octanol–water partition coefficient (Wildman–Crippen LogP) is 3.22. The Hall–Kier alpha value is -1.22. The Bertz CT molecular complexity index is 633. The third-order valence-electron chi connectivity index (χ3n) is 7.97. The Balaban J connectivity index is 1.71. The van der Waals surface area contributed by atoms with Crippen LogP contribution in [-0.4, -0.2) is 22.8 Å². The van der Waals surface area contributed by atoms with Crippen LogP contribution in [0.5, 0.6) is 0 Å². The maximum atomic E-state index is 11.7. The first kappa shape index (κ1) is 15.3. The molecule has 0 saturated heterocycles. The van der Waals surface area contributed by atoms with Crippen LogP contribution in [-0.2, 0) is 9.59 Å². The fourth-order valence-electron chi connectivity index (χ4n) is 6.44. The van der Waals surface area contributed by atoms with Crippen LogP contribution in [0.25, 0.3) is 0 Å². The highest BCUT2D eigenvalue weighted by molar-refractivity contribution is 6.01. The standard InChI is InChI=1S/C20H26O3/c1-18-8-5-14(22)11-13(18)3-4-15-16(18)6-9-19(2)17(15)7-10-20(19,23)12-21/h5,8,11-12,15-17,23H,3-4,6-7,9-10H2,1-2H3/t15?,16?,17?,18?,19?,20-/m0/s1. The second kappa shape index (κ2) is 4.66. The molecule has 4 aliphatic carbocycles. The fraction of sp³-hybridized carbons (Fsp3) is 0.700. The largest absolute Gasteiger partial charge is 0.382 e. The SMILES string of the molecule is CC12C=CC(=O)C=C1CCC1C2CCC2(C)C1CC[C@]2(O)C=O. The van der Waals surface area contributed by atoms with E-state index in [9.17, 15) is 14.7 Å². The minimum Gasteiger partial charge on any atom is -0.382 e. The Kier molecular flexibility index (Phi) is 3.10. The van der Waals surface area contributed by atoms with Gasteiger partial charge in [-0.05, 0) is 68.4 Å². The van der Waals surface area contributed by atoms with Gasteiger partial charge in [-0.2, -0.15) is 0 Å². The lowest BCUT2D eigenvalue weighted by atomic mass is 9.47. The first-order valence-corrected chi connectivity index (χ1v) is 8.97. The monoisotopic (exact) mass is 314 g/mol. The average Bonchev–Trinajstić information content (AvgIpc) is 2.80. The van der Waals surface area contributed by atoms with Crippen molar-refractivity contribution in [2.24, 2.45) is 28.6 Å². The van der Waals surface area contributed by atoms with Crippen LogP contribution in [0, 0.1) is 28.6 Å². The first-order valence-electron chi connectivity index (χ1n) is 8.97. The predicted molar refractivity (Wildman–Crippen MR) is 87.6 cm³/mol.